The number of sulfonamides is 1. The number of ether oxygens (including phenoxy) is 2. The first kappa shape index (κ1) is 22.0. The molecule has 166 valence electrons. The topological polar surface area (TPSA) is 84.9 Å². The molecule has 1 amide bonds. The lowest BCUT2D eigenvalue weighted by molar-refractivity contribution is 0.102. The van der Waals surface area contributed by atoms with Crippen molar-refractivity contribution in [1.29, 1.82) is 0 Å². The predicted octanol–water partition coefficient (Wildman–Crippen LogP) is 4.36. The third kappa shape index (κ3) is 4.11. The van der Waals surface area contributed by atoms with Crippen molar-refractivity contribution in [2.75, 3.05) is 30.4 Å². The zero-order chi connectivity index (χ0) is 22.9. The SMILES string of the molecule is COc1cc(NC(=O)c2ccc(Cl)c(S(=O)(=O)N3CCc4ccccc43)c2)cc(OC)c1. The monoisotopic (exact) mass is 472 g/mol. The van der Waals surface area contributed by atoms with E-state index in [0.717, 1.165) is 5.56 Å². The Bertz CT molecular complexity index is 1270. The highest BCUT2D eigenvalue weighted by atomic mass is 35.5. The minimum absolute atomic E-state index is 0.0500. The Balaban J connectivity index is 1.65. The Morgan fingerprint density at radius 3 is 2.38 bits per heavy atom. The van der Waals surface area contributed by atoms with E-state index in [4.69, 9.17) is 21.1 Å². The Hall–Kier alpha value is -3.23. The molecular weight excluding hydrogens is 452 g/mol. The number of hydrogen-bond acceptors (Lipinski definition) is 5. The maximum Gasteiger partial charge on any atom is 0.265 e. The van der Waals surface area contributed by atoms with E-state index in [-0.39, 0.29) is 15.5 Å². The van der Waals surface area contributed by atoms with Gasteiger partial charge in [0.05, 0.1) is 24.9 Å². The van der Waals surface area contributed by atoms with Gasteiger partial charge in [-0.05, 0) is 36.2 Å². The van der Waals surface area contributed by atoms with Gasteiger partial charge in [-0.3, -0.25) is 9.10 Å². The van der Waals surface area contributed by atoms with E-state index in [2.05, 4.69) is 5.32 Å². The van der Waals surface area contributed by atoms with Gasteiger partial charge in [-0.15, -0.1) is 0 Å². The number of fused-ring (bicyclic) bond motifs is 1. The molecule has 1 aliphatic rings. The van der Waals surface area contributed by atoms with Crippen LogP contribution in [0.15, 0.2) is 65.6 Å². The molecule has 1 aliphatic heterocycles. The number of benzene rings is 3. The average molecular weight is 473 g/mol. The number of nitrogens with one attached hydrogen (secondary N) is 1. The van der Waals surface area contributed by atoms with Crippen LogP contribution in [0.2, 0.25) is 5.02 Å². The van der Waals surface area contributed by atoms with Gasteiger partial charge < -0.3 is 14.8 Å². The van der Waals surface area contributed by atoms with Crippen LogP contribution in [0.4, 0.5) is 11.4 Å². The molecule has 0 aliphatic carbocycles. The molecule has 9 heteroatoms. The molecule has 0 bridgehead atoms. The van der Waals surface area contributed by atoms with E-state index in [0.29, 0.717) is 35.8 Å². The minimum atomic E-state index is -3.95. The van der Waals surface area contributed by atoms with Crippen molar-refractivity contribution in [1.82, 2.24) is 0 Å². The summed E-state index contributed by atoms with van der Waals surface area (Å²) in [7, 11) is -0.937. The maximum atomic E-state index is 13.4. The van der Waals surface area contributed by atoms with Crippen molar-refractivity contribution >= 4 is 38.9 Å². The molecule has 1 N–H and O–H groups in total. The number of methoxy groups -OCH3 is 2. The molecule has 0 saturated heterocycles. The van der Waals surface area contributed by atoms with Crippen LogP contribution in [-0.2, 0) is 16.4 Å². The van der Waals surface area contributed by atoms with Crippen LogP contribution in [0.1, 0.15) is 15.9 Å². The van der Waals surface area contributed by atoms with Crippen molar-refractivity contribution in [3.8, 4) is 11.5 Å². The van der Waals surface area contributed by atoms with Crippen LogP contribution in [0.5, 0.6) is 11.5 Å². The molecule has 7 nitrogen and oxygen atoms in total. The summed E-state index contributed by atoms with van der Waals surface area (Å²) in [6, 6.07) is 16.5. The second-order valence-corrected chi connectivity index (χ2v) is 9.39. The van der Waals surface area contributed by atoms with Crippen LogP contribution in [0.25, 0.3) is 0 Å². The molecule has 3 aromatic carbocycles. The highest BCUT2D eigenvalue weighted by Gasteiger charge is 2.32. The Morgan fingerprint density at radius 1 is 1.00 bits per heavy atom. The van der Waals surface area contributed by atoms with Crippen LogP contribution in [-0.4, -0.2) is 35.1 Å². The van der Waals surface area contributed by atoms with Crippen LogP contribution in [0.3, 0.4) is 0 Å². The molecule has 3 aromatic rings. The lowest BCUT2D eigenvalue weighted by Crippen LogP contribution is -2.29. The summed E-state index contributed by atoms with van der Waals surface area (Å²) in [5, 5.41) is 2.79. The fourth-order valence-electron chi connectivity index (χ4n) is 3.60. The second kappa shape index (κ2) is 8.72. The molecule has 1 heterocycles. The standard InChI is InChI=1S/C23H21ClN2O5S/c1-30-18-12-17(13-19(14-18)31-2)25-23(27)16-7-8-20(24)22(11-16)32(28,29)26-10-9-15-5-3-4-6-21(15)26/h3-8,11-14H,9-10H2,1-2H3,(H,25,27). The van der Waals surface area contributed by atoms with Gasteiger partial charge in [0.2, 0.25) is 0 Å². The Kier molecular flexibility index (Phi) is 5.99. The fourth-order valence-corrected chi connectivity index (χ4v) is 5.61. The van der Waals surface area contributed by atoms with Gasteiger partial charge in [0.25, 0.3) is 15.9 Å². The normalized spacial score (nSPS) is 12.9. The summed E-state index contributed by atoms with van der Waals surface area (Å²) in [6.45, 7) is 0.317. The summed E-state index contributed by atoms with van der Waals surface area (Å²) in [4.78, 5) is 12.8. The number of rotatable bonds is 6. The molecule has 0 fully saturated rings. The molecule has 0 radical (unpaired) electrons. The lowest BCUT2D eigenvalue weighted by atomic mass is 10.2. The van der Waals surface area contributed by atoms with Crippen LogP contribution >= 0.6 is 11.6 Å². The number of carbonyl (C=O) groups is 1. The van der Waals surface area contributed by atoms with Crippen LogP contribution < -0.4 is 19.1 Å². The Morgan fingerprint density at radius 2 is 1.69 bits per heavy atom. The predicted molar refractivity (Wildman–Crippen MR) is 124 cm³/mol. The molecule has 32 heavy (non-hydrogen) atoms. The van der Waals surface area contributed by atoms with Crippen molar-refractivity contribution in [3.05, 3.63) is 76.8 Å². The quantitative estimate of drug-likeness (QED) is 0.576. The van der Waals surface area contributed by atoms with Gasteiger partial charge in [-0.2, -0.15) is 0 Å². The van der Waals surface area contributed by atoms with E-state index in [1.165, 1.54) is 36.7 Å². The number of halogens is 1. The Labute approximate surface area is 191 Å². The molecule has 0 spiro atoms. The highest BCUT2D eigenvalue weighted by molar-refractivity contribution is 7.93. The zero-order valence-electron chi connectivity index (χ0n) is 17.5. The van der Waals surface area contributed by atoms with Crippen molar-refractivity contribution < 1.29 is 22.7 Å². The van der Waals surface area contributed by atoms with E-state index in [9.17, 15) is 13.2 Å². The number of nitrogens with zero attached hydrogens (tertiary/aromatic N) is 1. The van der Waals surface area contributed by atoms with Gasteiger partial charge >= 0.3 is 0 Å². The van der Waals surface area contributed by atoms with Gasteiger partial charge in [-0.1, -0.05) is 29.8 Å². The third-order valence-electron chi connectivity index (χ3n) is 5.22. The molecular formula is C23H21ClN2O5S. The molecule has 0 aromatic heterocycles. The number of anilines is 2. The molecule has 4 rings (SSSR count). The largest absolute Gasteiger partial charge is 0.497 e. The van der Waals surface area contributed by atoms with Gasteiger partial charge in [0, 0.05) is 36.0 Å². The first-order valence-corrected chi connectivity index (χ1v) is 11.6. The van der Waals surface area contributed by atoms with Gasteiger partial charge in [0.1, 0.15) is 16.4 Å². The lowest BCUT2D eigenvalue weighted by Gasteiger charge is -2.20. The second-order valence-electron chi connectivity index (χ2n) is 7.16. The van der Waals surface area contributed by atoms with Crippen LogP contribution in [0, 0.1) is 0 Å². The fraction of sp³-hybridized carbons (Fsp3) is 0.174. The number of hydrogen-bond donors (Lipinski definition) is 1. The average Bonchev–Trinajstić information content (AvgIpc) is 3.24. The van der Waals surface area contributed by atoms with E-state index >= 15 is 0 Å². The summed E-state index contributed by atoms with van der Waals surface area (Å²) in [5.74, 6) is 0.522. The zero-order valence-corrected chi connectivity index (χ0v) is 19.0. The first-order chi connectivity index (χ1) is 15.3. The van der Waals surface area contributed by atoms with E-state index in [1.54, 1.807) is 30.3 Å². The summed E-state index contributed by atoms with van der Waals surface area (Å²) in [6.07, 6.45) is 0.616. The first-order valence-electron chi connectivity index (χ1n) is 9.78. The maximum absolute atomic E-state index is 13.4. The smallest absolute Gasteiger partial charge is 0.265 e. The number of para-hydroxylation sites is 1. The van der Waals surface area contributed by atoms with E-state index < -0.39 is 15.9 Å². The summed E-state index contributed by atoms with van der Waals surface area (Å²) in [5.41, 5.74) is 2.18. The molecule has 0 saturated carbocycles. The minimum Gasteiger partial charge on any atom is -0.497 e. The third-order valence-corrected chi connectivity index (χ3v) is 7.51. The van der Waals surface area contributed by atoms with Crippen molar-refractivity contribution in [2.45, 2.75) is 11.3 Å². The number of carbonyl (C=O) groups excluding carboxylic acids is 1. The summed E-state index contributed by atoms with van der Waals surface area (Å²) < 4.78 is 38.6. The summed E-state index contributed by atoms with van der Waals surface area (Å²) >= 11 is 6.26. The van der Waals surface area contributed by atoms with E-state index in [1.807, 2.05) is 12.1 Å². The van der Waals surface area contributed by atoms with Crippen molar-refractivity contribution in [2.24, 2.45) is 0 Å². The number of amides is 1. The van der Waals surface area contributed by atoms with Crippen molar-refractivity contribution in [3.63, 3.8) is 0 Å². The molecule has 0 atom stereocenters. The van der Waals surface area contributed by atoms with Gasteiger partial charge in [-0.25, -0.2) is 8.42 Å². The highest BCUT2D eigenvalue weighted by Crippen LogP contribution is 2.35. The molecule has 0 unspecified atom stereocenters. The van der Waals surface area contributed by atoms with Gasteiger partial charge in [0.15, 0.2) is 0 Å².